The number of carbonyl (C=O) groups excluding carboxylic acids is 2. The summed E-state index contributed by atoms with van der Waals surface area (Å²) in [5, 5.41) is 9.20. The summed E-state index contributed by atoms with van der Waals surface area (Å²) in [6.07, 6.45) is 2.60. The van der Waals surface area contributed by atoms with Gasteiger partial charge in [-0.05, 0) is 56.5 Å². The van der Waals surface area contributed by atoms with Crippen LogP contribution in [0.15, 0.2) is 18.2 Å². The highest BCUT2D eigenvalue weighted by molar-refractivity contribution is 5.96. The minimum atomic E-state index is -0.455. The number of hydrogen-bond donors (Lipinski definition) is 3. The van der Waals surface area contributed by atoms with Crippen LogP contribution >= 0.6 is 12.4 Å². The Hall–Kier alpha value is -1.59. The molecule has 6 heteroatoms. The first-order chi connectivity index (χ1) is 11.3. The molecule has 0 aliphatic carbocycles. The van der Waals surface area contributed by atoms with E-state index in [2.05, 4.69) is 16.0 Å². The number of benzene rings is 1. The van der Waals surface area contributed by atoms with Gasteiger partial charge in [0.1, 0.15) is 0 Å². The SMILES string of the molecule is Cc1ccc(NC(=O)C(C)(C)C)cc1NC(=O)CCC1CCNC1.Cl. The standard InChI is InChI=1S/C19H29N3O2.ClH/c1-13-5-7-15(21-18(24)19(2,3)4)11-16(13)22-17(23)8-6-14-9-10-20-12-14;/h5,7,11,14,20H,6,8-10,12H2,1-4H3,(H,21,24)(H,22,23);1H. The summed E-state index contributed by atoms with van der Waals surface area (Å²) < 4.78 is 0. The predicted molar refractivity (Wildman–Crippen MR) is 105 cm³/mol. The number of halogens is 1. The molecule has 1 aliphatic rings. The van der Waals surface area contributed by atoms with E-state index in [1.807, 2.05) is 45.9 Å². The monoisotopic (exact) mass is 367 g/mol. The van der Waals surface area contributed by atoms with Gasteiger partial charge in [-0.2, -0.15) is 0 Å². The molecule has 0 spiro atoms. The molecule has 2 rings (SSSR count). The van der Waals surface area contributed by atoms with Gasteiger partial charge in [-0.1, -0.05) is 26.8 Å². The van der Waals surface area contributed by atoms with E-state index in [4.69, 9.17) is 0 Å². The van der Waals surface area contributed by atoms with Crippen LogP contribution in [0.4, 0.5) is 11.4 Å². The maximum Gasteiger partial charge on any atom is 0.229 e. The molecule has 1 aliphatic heterocycles. The van der Waals surface area contributed by atoms with Crippen molar-refractivity contribution in [1.82, 2.24) is 5.32 Å². The van der Waals surface area contributed by atoms with Gasteiger partial charge >= 0.3 is 0 Å². The fraction of sp³-hybridized carbons (Fsp3) is 0.579. The number of aryl methyl sites for hydroxylation is 1. The molecule has 1 heterocycles. The zero-order valence-corrected chi connectivity index (χ0v) is 16.4. The third kappa shape index (κ3) is 6.67. The van der Waals surface area contributed by atoms with Gasteiger partial charge in [-0.25, -0.2) is 0 Å². The van der Waals surface area contributed by atoms with Crippen molar-refractivity contribution in [3.8, 4) is 0 Å². The quantitative estimate of drug-likeness (QED) is 0.742. The van der Waals surface area contributed by atoms with Gasteiger partial charge in [0, 0.05) is 23.2 Å². The lowest BCUT2D eigenvalue weighted by molar-refractivity contribution is -0.123. The number of anilines is 2. The summed E-state index contributed by atoms with van der Waals surface area (Å²) in [6, 6.07) is 5.60. The van der Waals surface area contributed by atoms with Crippen LogP contribution in [0.2, 0.25) is 0 Å². The van der Waals surface area contributed by atoms with E-state index in [1.165, 1.54) is 0 Å². The van der Waals surface area contributed by atoms with E-state index in [9.17, 15) is 9.59 Å². The van der Waals surface area contributed by atoms with Gasteiger partial charge < -0.3 is 16.0 Å². The summed E-state index contributed by atoms with van der Waals surface area (Å²) in [6.45, 7) is 9.64. The Bertz CT molecular complexity index is 605. The molecule has 1 aromatic carbocycles. The topological polar surface area (TPSA) is 70.2 Å². The van der Waals surface area contributed by atoms with E-state index in [0.29, 0.717) is 18.0 Å². The highest BCUT2D eigenvalue weighted by Gasteiger charge is 2.21. The van der Waals surface area contributed by atoms with Crippen molar-refractivity contribution in [2.45, 2.75) is 47.0 Å². The molecule has 140 valence electrons. The van der Waals surface area contributed by atoms with Crippen LogP contribution in [-0.2, 0) is 9.59 Å². The fourth-order valence-corrected chi connectivity index (χ4v) is 2.66. The molecule has 1 aromatic rings. The van der Waals surface area contributed by atoms with Gasteiger partial charge in [-0.15, -0.1) is 12.4 Å². The largest absolute Gasteiger partial charge is 0.326 e. The number of amides is 2. The number of hydrogen-bond acceptors (Lipinski definition) is 3. The molecule has 0 aromatic heterocycles. The first-order valence-electron chi connectivity index (χ1n) is 8.68. The predicted octanol–water partition coefficient (Wildman–Crippen LogP) is 3.73. The molecule has 2 amide bonds. The lowest BCUT2D eigenvalue weighted by Gasteiger charge is -2.18. The molecule has 1 unspecified atom stereocenters. The van der Waals surface area contributed by atoms with Crippen molar-refractivity contribution in [2.24, 2.45) is 11.3 Å². The van der Waals surface area contributed by atoms with E-state index >= 15 is 0 Å². The summed E-state index contributed by atoms with van der Waals surface area (Å²) in [4.78, 5) is 24.3. The number of rotatable bonds is 5. The molecule has 1 saturated heterocycles. The Morgan fingerprint density at radius 1 is 1.24 bits per heavy atom. The normalized spacial score (nSPS) is 16.9. The smallest absolute Gasteiger partial charge is 0.229 e. The van der Waals surface area contributed by atoms with Gasteiger partial charge in [0.25, 0.3) is 0 Å². The summed E-state index contributed by atoms with van der Waals surface area (Å²) in [7, 11) is 0. The maximum atomic E-state index is 12.2. The van der Waals surface area contributed by atoms with Crippen molar-refractivity contribution >= 4 is 35.6 Å². The van der Waals surface area contributed by atoms with E-state index in [0.717, 1.165) is 37.2 Å². The third-order valence-corrected chi connectivity index (χ3v) is 4.39. The Morgan fingerprint density at radius 3 is 2.56 bits per heavy atom. The highest BCUT2D eigenvalue weighted by Crippen LogP contribution is 2.23. The Morgan fingerprint density at radius 2 is 1.96 bits per heavy atom. The second kappa shape index (κ2) is 9.20. The molecule has 0 radical (unpaired) electrons. The Balaban J connectivity index is 0.00000312. The third-order valence-electron chi connectivity index (χ3n) is 4.39. The zero-order valence-electron chi connectivity index (χ0n) is 15.6. The van der Waals surface area contributed by atoms with Gasteiger partial charge in [0.05, 0.1) is 0 Å². The van der Waals surface area contributed by atoms with Crippen LogP contribution in [0.25, 0.3) is 0 Å². The van der Waals surface area contributed by atoms with E-state index in [-0.39, 0.29) is 24.2 Å². The lowest BCUT2D eigenvalue weighted by atomic mass is 9.95. The second-order valence-electron chi connectivity index (χ2n) is 7.68. The van der Waals surface area contributed by atoms with E-state index < -0.39 is 5.41 Å². The fourth-order valence-electron chi connectivity index (χ4n) is 2.66. The van der Waals surface area contributed by atoms with Crippen molar-refractivity contribution in [1.29, 1.82) is 0 Å². The lowest BCUT2D eigenvalue weighted by Crippen LogP contribution is -2.27. The molecule has 25 heavy (non-hydrogen) atoms. The minimum absolute atomic E-state index is 0. The van der Waals surface area contributed by atoms with Crippen LogP contribution in [0.3, 0.4) is 0 Å². The van der Waals surface area contributed by atoms with Crippen molar-refractivity contribution in [2.75, 3.05) is 23.7 Å². The van der Waals surface area contributed by atoms with Crippen LogP contribution in [0, 0.1) is 18.3 Å². The molecular formula is C19H30ClN3O2. The van der Waals surface area contributed by atoms with Gasteiger partial charge in [-0.3, -0.25) is 9.59 Å². The van der Waals surface area contributed by atoms with E-state index in [1.54, 1.807) is 0 Å². The van der Waals surface area contributed by atoms with Crippen LogP contribution in [0.5, 0.6) is 0 Å². The van der Waals surface area contributed by atoms with Crippen LogP contribution < -0.4 is 16.0 Å². The first-order valence-corrected chi connectivity index (χ1v) is 8.68. The zero-order chi connectivity index (χ0) is 17.7. The molecule has 0 saturated carbocycles. The molecule has 3 N–H and O–H groups in total. The molecule has 1 atom stereocenters. The number of nitrogens with one attached hydrogen (secondary N) is 3. The minimum Gasteiger partial charge on any atom is -0.326 e. The Kier molecular flexibility index (Phi) is 7.90. The molecule has 0 bridgehead atoms. The van der Waals surface area contributed by atoms with Crippen LogP contribution in [0.1, 0.15) is 45.6 Å². The summed E-state index contributed by atoms with van der Waals surface area (Å²) >= 11 is 0. The average Bonchev–Trinajstić information content (AvgIpc) is 3.01. The molecule has 5 nitrogen and oxygen atoms in total. The summed E-state index contributed by atoms with van der Waals surface area (Å²) in [5.74, 6) is 0.593. The van der Waals surface area contributed by atoms with Gasteiger partial charge in [0.15, 0.2) is 0 Å². The first kappa shape index (κ1) is 21.5. The molecule has 1 fully saturated rings. The van der Waals surface area contributed by atoms with Crippen LogP contribution in [-0.4, -0.2) is 24.9 Å². The Labute approximate surface area is 156 Å². The molecular weight excluding hydrogens is 338 g/mol. The van der Waals surface area contributed by atoms with Crippen molar-refractivity contribution in [3.05, 3.63) is 23.8 Å². The maximum absolute atomic E-state index is 12.2. The summed E-state index contributed by atoms with van der Waals surface area (Å²) in [5.41, 5.74) is 2.00. The highest BCUT2D eigenvalue weighted by atomic mass is 35.5. The van der Waals surface area contributed by atoms with Gasteiger partial charge in [0.2, 0.25) is 11.8 Å². The van der Waals surface area contributed by atoms with Crippen molar-refractivity contribution in [3.63, 3.8) is 0 Å². The van der Waals surface area contributed by atoms with Crippen molar-refractivity contribution < 1.29 is 9.59 Å². The number of carbonyl (C=O) groups is 2. The second-order valence-corrected chi connectivity index (χ2v) is 7.68. The average molecular weight is 368 g/mol.